The van der Waals surface area contributed by atoms with Gasteiger partial charge in [0.25, 0.3) is 0 Å². The van der Waals surface area contributed by atoms with Crippen molar-refractivity contribution in [3.63, 3.8) is 0 Å². The fourth-order valence-electron chi connectivity index (χ4n) is 3.08. The van der Waals surface area contributed by atoms with Gasteiger partial charge in [-0.15, -0.1) is 0 Å². The Labute approximate surface area is 99.3 Å². The van der Waals surface area contributed by atoms with E-state index in [0.717, 1.165) is 13.1 Å². The molecule has 1 aliphatic carbocycles. The first-order valence-electron chi connectivity index (χ1n) is 6.76. The minimum atomic E-state index is 0.142. The van der Waals surface area contributed by atoms with Crippen molar-refractivity contribution in [2.75, 3.05) is 26.7 Å². The van der Waals surface area contributed by atoms with Gasteiger partial charge in [0, 0.05) is 25.7 Å². The van der Waals surface area contributed by atoms with E-state index in [4.69, 9.17) is 10.5 Å². The van der Waals surface area contributed by atoms with Crippen molar-refractivity contribution in [2.45, 2.75) is 56.6 Å². The molecular formula is C13H26N2O. The summed E-state index contributed by atoms with van der Waals surface area (Å²) in [5.41, 5.74) is 6.59. The third-order valence-corrected chi connectivity index (χ3v) is 4.34. The molecule has 1 unspecified atom stereocenters. The monoisotopic (exact) mass is 226 g/mol. The Morgan fingerprint density at radius 3 is 2.69 bits per heavy atom. The molecule has 1 aliphatic heterocycles. The van der Waals surface area contributed by atoms with E-state index in [1.165, 1.54) is 51.5 Å². The number of hydrogen-bond acceptors (Lipinski definition) is 3. The second kappa shape index (κ2) is 5.48. The molecule has 1 saturated carbocycles. The van der Waals surface area contributed by atoms with E-state index in [2.05, 4.69) is 4.90 Å². The highest BCUT2D eigenvalue weighted by Gasteiger charge is 2.29. The highest BCUT2D eigenvalue weighted by molar-refractivity contribution is 4.89. The van der Waals surface area contributed by atoms with Gasteiger partial charge < -0.3 is 15.4 Å². The summed E-state index contributed by atoms with van der Waals surface area (Å²) in [7, 11) is 1.82. The van der Waals surface area contributed by atoms with Gasteiger partial charge >= 0.3 is 0 Å². The van der Waals surface area contributed by atoms with Crippen LogP contribution in [0.2, 0.25) is 0 Å². The summed E-state index contributed by atoms with van der Waals surface area (Å²) >= 11 is 0. The molecule has 0 aromatic heterocycles. The Hall–Kier alpha value is -0.120. The highest BCUT2D eigenvalue weighted by atomic mass is 16.5. The van der Waals surface area contributed by atoms with Gasteiger partial charge in [0.15, 0.2) is 0 Å². The Balaban J connectivity index is 1.70. The molecule has 0 aromatic rings. The van der Waals surface area contributed by atoms with Crippen molar-refractivity contribution in [1.82, 2.24) is 4.90 Å². The van der Waals surface area contributed by atoms with Crippen LogP contribution in [0.3, 0.4) is 0 Å². The van der Waals surface area contributed by atoms with Crippen LogP contribution in [-0.2, 0) is 4.74 Å². The topological polar surface area (TPSA) is 38.5 Å². The average molecular weight is 226 g/mol. The third kappa shape index (κ3) is 3.19. The predicted molar refractivity (Wildman–Crippen MR) is 66.5 cm³/mol. The molecular weight excluding hydrogens is 200 g/mol. The van der Waals surface area contributed by atoms with Crippen molar-refractivity contribution in [1.29, 1.82) is 0 Å². The second-order valence-electron chi connectivity index (χ2n) is 5.62. The molecule has 0 amide bonds. The van der Waals surface area contributed by atoms with Crippen molar-refractivity contribution in [3.8, 4) is 0 Å². The molecule has 2 fully saturated rings. The maximum Gasteiger partial charge on any atom is 0.0710 e. The van der Waals surface area contributed by atoms with E-state index in [1.807, 2.05) is 7.11 Å². The summed E-state index contributed by atoms with van der Waals surface area (Å²) in [6.45, 7) is 3.46. The van der Waals surface area contributed by atoms with Crippen molar-refractivity contribution < 1.29 is 4.74 Å². The lowest BCUT2D eigenvalue weighted by atomic mass is 9.80. The Kier molecular flexibility index (Phi) is 4.22. The quantitative estimate of drug-likeness (QED) is 0.794. The predicted octanol–water partition coefficient (Wildman–Crippen LogP) is 1.76. The SMILES string of the molecule is COC1CCN(CCC2(N)CCCCC2)C1. The van der Waals surface area contributed by atoms with E-state index in [-0.39, 0.29) is 5.54 Å². The summed E-state index contributed by atoms with van der Waals surface area (Å²) in [4.78, 5) is 2.51. The summed E-state index contributed by atoms with van der Waals surface area (Å²) < 4.78 is 5.39. The van der Waals surface area contributed by atoms with Crippen LogP contribution in [0.1, 0.15) is 44.9 Å². The van der Waals surface area contributed by atoms with Crippen LogP contribution in [0.5, 0.6) is 0 Å². The number of rotatable bonds is 4. The minimum Gasteiger partial charge on any atom is -0.380 e. The largest absolute Gasteiger partial charge is 0.380 e. The standard InChI is InChI=1S/C13H26N2O/c1-16-12-5-9-15(11-12)10-8-13(14)6-3-2-4-7-13/h12H,2-11,14H2,1H3. The smallest absolute Gasteiger partial charge is 0.0710 e. The number of ether oxygens (including phenoxy) is 1. The van der Waals surface area contributed by atoms with Gasteiger partial charge in [0.1, 0.15) is 0 Å². The molecule has 3 nitrogen and oxygen atoms in total. The van der Waals surface area contributed by atoms with E-state index < -0.39 is 0 Å². The van der Waals surface area contributed by atoms with Crippen LogP contribution in [0, 0.1) is 0 Å². The van der Waals surface area contributed by atoms with Crippen LogP contribution in [-0.4, -0.2) is 43.3 Å². The first-order valence-corrected chi connectivity index (χ1v) is 6.76. The molecule has 0 aromatic carbocycles. The summed E-state index contributed by atoms with van der Waals surface area (Å²) in [5.74, 6) is 0. The molecule has 1 saturated heterocycles. The van der Waals surface area contributed by atoms with Gasteiger partial charge in [-0.25, -0.2) is 0 Å². The summed E-state index contributed by atoms with van der Waals surface area (Å²) in [6, 6.07) is 0. The zero-order valence-corrected chi connectivity index (χ0v) is 10.6. The summed E-state index contributed by atoms with van der Waals surface area (Å²) in [5, 5.41) is 0. The van der Waals surface area contributed by atoms with E-state index in [1.54, 1.807) is 0 Å². The van der Waals surface area contributed by atoms with Gasteiger partial charge in [-0.3, -0.25) is 0 Å². The first kappa shape index (κ1) is 12.3. The van der Waals surface area contributed by atoms with Gasteiger partial charge in [0.05, 0.1) is 6.10 Å². The maximum atomic E-state index is 6.45. The normalized spacial score (nSPS) is 30.8. The number of likely N-dealkylation sites (tertiary alicyclic amines) is 1. The van der Waals surface area contributed by atoms with Gasteiger partial charge in [-0.05, 0) is 32.2 Å². The Morgan fingerprint density at radius 1 is 1.31 bits per heavy atom. The zero-order chi connectivity index (χ0) is 11.4. The molecule has 2 aliphatic rings. The zero-order valence-electron chi connectivity index (χ0n) is 10.6. The van der Waals surface area contributed by atoms with E-state index >= 15 is 0 Å². The number of hydrogen-bond donors (Lipinski definition) is 1. The lowest BCUT2D eigenvalue weighted by Crippen LogP contribution is -2.44. The van der Waals surface area contributed by atoms with Crippen molar-refractivity contribution in [2.24, 2.45) is 5.73 Å². The molecule has 1 atom stereocenters. The molecule has 3 heteroatoms. The first-order chi connectivity index (χ1) is 7.72. The number of methoxy groups -OCH3 is 1. The van der Waals surface area contributed by atoms with E-state index in [0.29, 0.717) is 6.10 Å². The van der Waals surface area contributed by atoms with Crippen LogP contribution < -0.4 is 5.73 Å². The second-order valence-corrected chi connectivity index (χ2v) is 5.62. The molecule has 0 bridgehead atoms. The molecule has 0 radical (unpaired) electrons. The molecule has 94 valence electrons. The fraction of sp³-hybridized carbons (Fsp3) is 1.00. The molecule has 2 rings (SSSR count). The number of nitrogens with two attached hydrogens (primary N) is 1. The molecule has 16 heavy (non-hydrogen) atoms. The van der Waals surface area contributed by atoms with Crippen molar-refractivity contribution >= 4 is 0 Å². The average Bonchev–Trinajstić information content (AvgIpc) is 2.75. The van der Waals surface area contributed by atoms with Crippen LogP contribution in [0.15, 0.2) is 0 Å². The van der Waals surface area contributed by atoms with Gasteiger partial charge in [0.2, 0.25) is 0 Å². The van der Waals surface area contributed by atoms with Crippen LogP contribution in [0.4, 0.5) is 0 Å². The van der Waals surface area contributed by atoms with Gasteiger partial charge in [-0.1, -0.05) is 19.3 Å². The fourth-order valence-corrected chi connectivity index (χ4v) is 3.08. The highest BCUT2D eigenvalue weighted by Crippen LogP contribution is 2.29. The maximum absolute atomic E-state index is 6.45. The lowest BCUT2D eigenvalue weighted by Gasteiger charge is -2.34. The molecule has 1 heterocycles. The van der Waals surface area contributed by atoms with Crippen molar-refractivity contribution in [3.05, 3.63) is 0 Å². The Morgan fingerprint density at radius 2 is 2.06 bits per heavy atom. The summed E-state index contributed by atoms with van der Waals surface area (Å²) in [6.07, 6.45) is 9.32. The van der Waals surface area contributed by atoms with E-state index in [9.17, 15) is 0 Å². The molecule has 2 N–H and O–H groups in total. The Bertz CT molecular complexity index is 214. The third-order valence-electron chi connectivity index (χ3n) is 4.34. The van der Waals surface area contributed by atoms with Crippen LogP contribution >= 0.6 is 0 Å². The molecule has 0 spiro atoms. The lowest BCUT2D eigenvalue weighted by molar-refractivity contribution is 0.106. The number of nitrogens with zero attached hydrogens (tertiary/aromatic N) is 1. The minimum absolute atomic E-state index is 0.142. The van der Waals surface area contributed by atoms with Crippen LogP contribution in [0.25, 0.3) is 0 Å². The van der Waals surface area contributed by atoms with Gasteiger partial charge in [-0.2, -0.15) is 0 Å².